The molecule has 2 heterocycles. The first-order chi connectivity index (χ1) is 11.9. The van der Waals surface area contributed by atoms with Crippen LogP contribution < -0.4 is 5.32 Å². The second kappa shape index (κ2) is 6.93. The number of furan rings is 1. The molecule has 0 spiro atoms. The highest BCUT2D eigenvalue weighted by Crippen LogP contribution is 2.23. The van der Waals surface area contributed by atoms with E-state index in [-0.39, 0.29) is 16.5 Å². The normalized spacial score (nSPS) is 15.9. The summed E-state index contributed by atoms with van der Waals surface area (Å²) < 4.78 is 58.2. The van der Waals surface area contributed by atoms with Crippen LogP contribution in [0.25, 0.3) is 0 Å². The van der Waals surface area contributed by atoms with E-state index >= 15 is 0 Å². The number of hydrogen-bond acceptors (Lipinski definition) is 4. The summed E-state index contributed by atoms with van der Waals surface area (Å²) in [5.41, 5.74) is -0.359. The first kappa shape index (κ1) is 17.6. The molecule has 1 aliphatic rings. The number of sulfonamides is 1. The van der Waals surface area contributed by atoms with Gasteiger partial charge in [0.2, 0.25) is 5.09 Å². The summed E-state index contributed by atoms with van der Waals surface area (Å²) in [4.78, 5) is 12.1. The molecule has 1 aromatic heterocycles. The number of benzene rings is 1. The van der Waals surface area contributed by atoms with Gasteiger partial charge in [0, 0.05) is 13.1 Å². The summed E-state index contributed by atoms with van der Waals surface area (Å²) in [5.74, 6) is -3.49. The van der Waals surface area contributed by atoms with Crippen LogP contribution in [0.15, 0.2) is 39.8 Å². The van der Waals surface area contributed by atoms with Gasteiger partial charge in [-0.2, -0.15) is 4.31 Å². The summed E-state index contributed by atoms with van der Waals surface area (Å²) >= 11 is 0. The summed E-state index contributed by atoms with van der Waals surface area (Å²) in [7, 11) is -3.81. The van der Waals surface area contributed by atoms with Crippen LogP contribution >= 0.6 is 0 Å². The minimum atomic E-state index is -3.81. The van der Waals surface area contributed by atoms with Crippen molar-refractivity contribution in [2.75, 3.05) is 18.4 Å². The lowest BCUT2D eigenvalue weighted by molar-refractivity contribution is 0.0990. The molecule has 0 bridgehead atoms. The van der Waals surface area contributed by atoms with E-state index in [1.165, 1.54) is 28.6 Å². The zero-order valence-electron chi connectivity index (χ0n) is 13.2. The molecule has 9 heteroatoms. The van der Waals surface area contributed by atoms with Crippen molar-refractivity contribution in [3.05, 3.63) is 47.7 Å². The quantitative estimate of drug-likeness (QED) is 0.897. The van der Waals surface area contributed by atoms with Crippen LogP contribution in [0.5, 0.6) is 0 Å². The topological polar surface area (TPSA) is 79.6 Å². The average molecular weight is 370 g/mol. The molecule has 6 nitrogen and oxygen atoms in total. The van der Waals surface area contributed by atoms with E-state index in [0.717, 1.165) is 25.3 Å². The van der Waals surface area contributed by atoms with Gasteiger partial charge in [-0.15, -0.1) is 0 Å². The van der Waals surface area contributed by atoms with Crippen molar-refractivity contribution in [2.45, 2.75) is 24.4 Å². The third kappa shape index (κ3) is 3.57. The summed E-state index contributed by atoms with van der Waals surface area (Å²) in [6.07, 6.45) is 2.51. The molecule has 1 fully saturated rings. The van der Waals surface area contributed by atoms with E-state index in [4.69, 9.17) is 4.42 Å². The molecule has 1 aromatic carbocycles. The summed E-state index contributed by atoms with van der Waals surface area (Å²) in [6, 6.07) is 5.71. The molecule has 1 saturated heterocycles. The first-order valence-corrected chi connectivity index (χ1v) is 9.19. The first-order valence-electron chi connectivity index (χ1n) is 7.75. The molecule has 0 radical (unpaired) electrons. The van der Waals surface area contributed by atoms with E-state index in [1.54, 1.807) is 0 Å². The van der Waals surface area contributed by atoms with Crippen molar-refractivity contribution < 1.29 is 26.4 Å². The predicted molar refractivity (Wildman–Crippen MR) is 85.6 cm³/mol. The van der Waals surface area contributed by atoms with E-state index in [2.05, 4.69) is 5.32 Å². The van der Waals surface area contributed by atoms with Crippen LogP contribution in [0.3, 0.4) is 0 Å². The average Bonchev–Trinajstić information content (AvgIpc) is 3.11. The van der Waals surface area contributed by atoms with Gasteiger partial charge in [0.1, 0.15) is 0 Å². The Bertz CT molecular complexity index is 889. The lowest BCUT2D eigenvalue weighted by atomic mass is 10.2. The number of nitrogens with one attached hydrogen (secondary N) is 1. The second-order valence-corrected chi connectivity index (χ2v) is 7.51. The molecule has 0 saturated carbocycles. The Labute approximate surface area is 143 Å². The van der Waals surface area contributed by atoms with Gasteiger partial charge < -0.3 is 9.73 Å². The van der Waals surface area contributed by atoms with Gasteiger partial charge in [0.15, 0.2) is 17.4 Å². The number of nitrogens with zero attached hydrogens (tertiary/aromatic N) is 1. The monoisotopic (exact) mass is 370 g/mol. The van der Waals surface area contributed by atoms with Gasteiger partial charge in [0.25, 0.3) is 15.9 Å². The van der Waals surface area contributed by atoms with Gasteiger partial charge >= 0.3 is 0 Å². The molecule has 0 aliphatic carbocycles. The number of carbonyl (C=O) groups excluding carboxylic acids is 1. The van der Waals surface area contributed by atoms with Crippen molar-refractivity contribution in [1.29, 1.82) is 0 Å². The number of halogens is 2. The van der Waals surface area contributed by atoms with Gasteiger partial charge in [-0.05, 0) is 37.1 Å². The Morgan fingerprint density at radius 1 is 1.08 bits per heavy atom. The van der Waals surface area contributed by atoms with E-state index < -0.39 is 27.6 Å². The van der Waals surface area contributed by atoms with Crippen molar-refractivity contribution in [3.8, 4) is 0 Å². The Balaban J connectivity index is 1.78. The molecular formula is C16H16F2N2O4S. The lowest BCUT2D eigenvalue weighted by Crippen LogP contribution is -2.35. The highest BCUT2D eigenvalue weighted by atomic mass is 32.2. The van der Waals surface area contributed by atoms with E-state index in [9.17, 15) is 22.0 Å². The zero-order chi connectivity index (χ0) is 18.0. The Hall–Kier alpha value is -2.26. The zero-order valence-corrected chi connectivity index (χ0v) is 14.0. The predicted octanol–water partition coefficient (Wildman–Crippen LogP) is 2.98. The second-order valence-electron chi connectivity index (χ2n) is 5.64. The molecule has 1 amide bonds. The third-order valence-electron chi connectivity index (χ3n) is 3.91. The fourth-order valence-corrected chi connectivity index (χ4v) is 4.03. The van der Waals surface area contributed by atoms with Crippen molar-refractivity contribution >= 4 is 21.6 Å². The SMILES string of the molecule is O=C(Nc1cccc(F)c1F)c1ccc(S(=O)(=O)N2CCCCC2)o1. The highest BCUT2D eigenvalue weighted by molar-refractivity contribution is 7.89. The van der Waals surface area contributed by atoms with Crippen LogP contribution in [-0.2, 0) is 10.0 Å². The van der Waals surface area contributed by atoms with Crippen LogP contribution in [0, 0.1) is 11.6 Å². The molecule has 3 rings (SSSR count). The van der Waals surface area contributed by atoms with Crippen LogP contribution in [0.1, 0.15) is 29.8 Å². The van der Waals surface area contributed by atoms with Crippen molar-refractivity contribution in [3.63, 3.8) is 0 Å². The minimum Gasteiger partial charge on any atom is -0.438 e. The standard InChI is InChI=1S/C16H16F2N2O4S/c17-11-5-4-6-12(15(11)18)19-16(21)13-7-8-14(24-13)25(22,23)20-9-2-1-3-10-20/h4-8H,1-3,9-10H2,(H,19,21). The number of carbonyl (C=O) groups is 1. The maximum Gasteiger partial charge on any atom is 0.291 e. The van der Waals surface area contributed by atoms with Gasteiger partial charge in [0.05, 0.1) is 5.69 Å². The highest BCUT2D eigenvalue weighted by Gasteiger charge is 2.29. The number of piperidine rings is 1. The van der Waals surface area contributed by atoms with E-state index in [1.807, 2.05) is 0 Å². The third-order valence-corrected chi connectivity index (χ3v) is 5.69. The number of anilines is 1. The van der Waals surface area contributed by atoms with Crippen molar-refractivity contribution in [2.24, 2.45) is 0 Å². The molecule has 1 N–H and O–H groups in total. The van der Waals surface area contributed by atoms with Gasteiger partial charge in [-0.1, -0.05) is 12.5 Å². The summed E-state index contributed by atoms with van der Waals surface area (Å²) in [5, 5.41) is 1.81. The summed E-state index contributed by atoms with van der Waals surface area (Å²) in [6.45, 7) is 0.804. The Morgan fingerprint density at radius 2 is 1.80 bits per heavy atom. The minimum absolute atomic E-state index is 0.306. The molecule has 25 heavy (non-hydrogen) atoms. The molecular weight excluding hydrogens is 354 g/mol. The molecule has 2 aromatic rings. The van der Waals surface area contributed by atoms with Crippen LogP contribution in [0.2, 0.25) is 0 Å². The number of hydrogen-bond donors (Lipinski definition) is 1. The number of amides is 1. The fraction of sp³-hybridized carbons (Fsp3) is 0.312. The van der Waals surface area contributed by atoms with E-state index in [0.29, 0.717) is 13.1 Å². The lowest BCUT2D eigenvalue weighted by Gasteiger charge is -2.24. The molecule has 0 atom stereocenters. The van der Waals surface area contributed by atoms with Crippen LogP contribution in [0.4, 0.5) is 14.5 Å². The molecule has 1 aliphatic heterocycles. The van der Waals surface area contributed by atoms with Gasteiger partial charge in [-0.3, -0.25) is 4.79 Å². The molecule has 134 valence electrons. The van der Waals surface area contributed by atoms with Crippen molar-refractivity contribution in [1.82, 2.24) is 4.31 Å². The largest absolute Gasteiger partial charge is 0.438 e. The Morgan fingerprint density at radius 3 is 2.52 bits per heavy atom. The smallest absolute Gasteiger partial charge is 0.291 e. The van der Waals surface area contributed by atoms with Gasteiger partial charge in [-0.25, -0.2) is 17.2 Å². The maximum atomic E-state index is 13.6. The maximum absolute atomic E-state index is 13.6. The number of rotatable bonds is 4. The Kier molecular flexibility index (Phi) is 4.87. The van der Waals surface area contributed by atoms with Crippen LogP contribution in [-0.4, -0.2) is 31.7 Å². The fourth-order valence-electron chi connectivity index (χ4n) is 2.60. The molecule has 0 unspecified atom stereocenters.